The molecule has 2 rings (SSSR count). The molecule has 0 saturated heterocycles. The molecule has 0 N–H and O–H groups in total. The van der Waals surface area contributed by atoms with Crippen molar-refractivity contribution in [1.29, 1.82) is 0 Å². The molecule has 0 aliphatic carbocycles. The predicted octanol–water partition coefficient (Wildman–Crippen LogP) is 1.49. The lowest BCUT2D eigenvalue weighted by Gasteiger charge is -2.03. The lowest BCUT2D eigenvalue weighted by molar-refractivity contribution is 0.119. The zero-order valence-corrected chi connectivity index (χ0v) is 9.44. The van der Waals surface area contributed by atoms with Gasteiger partial charge in [0, 0.05) is 18.7 Å². The molecule has 2 aromatic rings. The molecule has 0 amide bonds. The first kappa shape index (κ1) is 10.3. The molecule has 2 heterocycles. The van der Waals surface area contributed by atoms with Crippen LogP contribution in [-0.2, 0) is 11.3 Å². The molecular weight excluding hydrogens is 212 g/mol. The molecule has 1 atom stereocenters. The van der Waals surface area contributed by atoms with Crippen molar-refractivity contribution in [2.45, 2.75) is 19.6 Å². The molecule has 0 radical (unpaired) electrons. The van der Waals surface area contributed by atoms with Crippen molar-refractivity contribution < 1.29 is 4.74 Å². The van der Waals surface area contributed by atoms with Crippen molar-refractivity contribution in [3.8, 4) is 0 Å². The van der Waals surface area contributed by atoms with E-state index in [0.717, 1.165) is 10.7 Å². The van der Waals surface area contributed by atoms with Crippen LogP contribution >= 0.6 is 11.3 Å². The Balaban J connectivity index is 2.07. The van der Waals surface area contributed by atoms with Crippen molar-refractivity contribution in [3.05, 3.63) is 28.5 Å². The largest absolute Gasteiger partial charge is 0.375 e. The second-order valence-electron chi connectivity index (χ2n) is 3.16. The molecular formula is C9H12N4OS. The van der Waals surface area contributed by atoms with Gasteiger partial charge in [0.25, 0.3) is 0 Å². The van der Waals surface area contributed by atoms with Gasteiger partial charge in [0.15, 0.2) is 0 Å². The highest BCUT2D eigenvalue weighted by atomic mass is 32.1. The summed E-state index contributed by atoms with van der Waals surface area (Å²) in [4.78, 5) is 4.46. The summed E-state index contributed by atoms with van der Waals surface area (Å²) in [7, 11) is 1.68. The number of thiazole rings is 1. The summed E-state index contributed by atoms with van der Waals surface area (Å²) in [5, 5.41) is 10.6. The molecule has 0 aliphatic rings. The van der Waals surface area contributed by atoms with Crippen LogP contribution in [0.1, 0.15) is 23.7 Å². The number of aromatic nitrogens is 4. The third kappa shape index (κ3) is 2.40. The smallest absolute Gasteiger partial charge is 0.122 e. The topological polar surface area (TPSA) is 52.8 Å². The van der Waals surface area contributed by atoms with Crippen molar-refractivity contribution in [2.75, 3.05) is 7.11 Å². The fourth-order valence-corrected chi connectivity index (χ4v) is 2.01. The minimum absolute atomic E-state index is 0.0551. The number of hydrogen-bond acceptors (Lipinski definition) is 5. The van der Waals surface area contributed by atoms with Crippen LogP contribution < -0.4 is 0 Å². The summed E-state index contributed by atoms with van der Waals surface area (Å²) in [6.45, 7) is 2.64. The fourth-order valence-electron chi connectivity index (χ4n) is 1.17. The molecule has 0 aliphatic heterocycles. The van der Waals surface area contributed by atoms with Gasteiger partial charge in [0.1, 0.15) is 11.1 Å². The zero-order valence-electron chi connectivity index (χ0n) is 8.62. The summed E-state index contributed by atoms with van der Waals surface area (Å²) < 4.78 is 6.94. The van der Waals surface area contributed by atoms with E-state index >= 15 is 0 Å². The van der Waals surface area contributed by atoms with Gasteiger partial charge < -0.3 is 4.74 Å². The van der Waals surface area contributed by atoms with E-state index in [4.69, 9.17) is 4.74 Å². The molecule has 0 saturated carbocycles. The summed E-state index contributed by atoms with van der Waals surface area (Å²) in [5.74, 6) is 0. The van der Waals surface area contributed by atoms with Gasteiger partial charge in [-0.3, -0.25) is 0 Å². The second kappa shape index (κ2) is 4.50. The minimum atomic E-state index is 0.0551. The maximum atomic E-state index is 5.20. The standard InChI is InChI=1S/C9H12N4OS/c1-7(14-2)9-11-8(6-15-9)5-13-4-3-10-12-13/h3-4,6-7H,5H2,1-2H3/t7-/m0/s1. The molecule has 2 aromatic heterocycles. The van der Waals surface area contributed by atoms with E-state index in [1.54, 1.807) is 29.3 Å². The summed E-state index contributed by atoms with van der Waals surface area (Å²) >= 11 is 1.61. The maximum Gasteiger partial charge on any atom is 0.122 e. The number of rotatable bonds is 4. The normalized spacial score (nSPS) is 12.9. The highest BCUT2D eigenvalue weighted by Crippen LogP contribution is 2.20. The first-order valence-electron chi connectivity index (χ1n) is 4.61. The van der Waals surface area contributed by atoms with E-state index in [1.807, 2.05) is 18.5 Å². The summed E-state index contributed by atoms with van der Waals surface area (Å²) in [6, 6.07) is 0. The van der Waals surface area contributed by atoms with E-state index in [2.05, 4.69) is 15.3 Å². The summed E-state index contributed by atoms with van der Waals surface area (Å²) in [6.07, 6.45) is 3.53. The Morgan fingerprint density at radius 3 is 3.13 bits per heavy atom. The molecule has 5 nitrogen and oxygen atoms in total. The Morgan fingerprint density at radius 1 is 1.60 bits per heavy atom. The Kier molecular flexibility index (Phi) is 3.08. The Bertz CT molecular complexity index is 411. The summed E-state index contributed by atoms with van der Waals surface area (Å²) in [5.41, 5.74) is 0.990. The van der Waals surface area contributed by atoms with E-state index in [0.29, 0.717) is 6.54 Å². The molecule has 0 bridgehead atoms. The average Bonchev–Trinajstić information content (AvgIpc) is 2.88. The van der Waals surface area contributed by atoms with Crippen molar-refractivity contribution in [1.82, 2.24) is 20.0 Å². The Morgan fingerprint density at radius 2 is 2.47 bits per heavy atom. The van der Waals surface area contributed by atoms with Gasteiger partial charge in [-0.1, -0.05) is 5.21 Å². The van der Waals surface area contributed by atoms with Crippen LogP contribution in [0.25, 0.3) is 0 Å². The van der Waals surface area contributed by atoms with E-state index in [1.165, 1.54) is 0 Å². The van der Waals surface area contributed by atoms with Crippen molar-refractivity contribution in [3.63, 3.8) is 0 Å². The lowest BCUT2D eigenvalue weighted by atomic mass is 10.4. The van der Waals surface area contributed by atoms with Crippen molar-refractivity contribution in [2.24, 2.45) is 0 Å². The molecule has 0 fully saturated rings. The number of methoxy groups -OCH3 is 1. The Hall–Kier alpha value is -1.27. The van der Waals surface area contributed by atoms with Crippen LogP contribution in [-0.4, -0.2) is 27.1 Å². The van der Waals surface area contributed by atoms with Crippen LogP contribution in [0.4, 0.5) is 0 Å². The SMILES string of the molecule is CO[C@@H](C)c1nc(Cn2ccnn2)cs1. The van der Waals surface area contributed by atoms with Crippen LogP contribution in [0.15, 0.2) is 17.8 Å². The molecule has 15 heavy (non-hydrogen) atoms. The number of nitrogens with zero attached hydrogens (tertiary/aromatic N) is 4. The number of ether oxygens (including phenoxy) is 1. The maximum absolute atomic E-state index is 5.20. The third-order valence-corrected chi connectivity index (χ3v) is 3.12. The van der Waals surface area contributed by atoms with Crippen molar-refractivity contribution >= 4 is 11.3 Å². The zero-order chi connectivity index (χ0) is 10.7. The molecule has 0 aromatic carbocycles. The lowest BCUT2D eigenvalue weighted by Crippen LogP contribution is -2.02. The third-order valence-electron chi connectivity index (χ3n) is 2.07. The number of hydrogen-bond donors (Lipinski definition) is 0. The van der Waals surface area contributed by atoms with Gasteiger partial charge in [-0.15, -0.1) is 16.4 Å². The van der Waals surface area contributed by atoms with Crippen LogP contribution in [0.3, 0.4) is 0 Å². The van der Waals surface area contributed by atoms with Gasteiger partial charge >= 0.3 is 0 Å². The van der Waals surface area contributed by atoms with E-state index in [-0.39, 0.29) is 6.10 Å². The highest BCUT2D eigenvalue weighted by molar-refractivity contribution is 7.09. The monoisotopic (exact) mass is 224 g/mol. The van der Waals surface area contributed by atoms with Gasteiger partial charge in [0.2, 0.25) is 0 Å². The van der Waals surface area contributed by atoms with Crippen LogP contribution in [0.2, 0.25) is 0 Å². The van der Waals surface area contributed by atoms with Crippen LogP contribution in [0.5, 0.6) is 0 Å². The molecule has 0 unspecified atom stereocenters. The first-order chi connectivity index (χ1) is 7.29. The average molecular weight is 224 g/mol. The quantitative estimate of drug-likeness (QED) is 0.789. The first-order valence-corrected chi connectivity index (χ1v) is 5.48. The fraction of sp³-hybridized carbons (Fsp3) is 0.444. The van der Waals surface area contributed by atoms with Crippen LogP contribution in [0, 0.1) is 0 Å². The minimum Gasteiger partial charge on any atom is -0.375 e. The molecule has 80 valence electrons. The Labute approximate surface area is 91.7 Å². The van der Waals surface area contributed by atoms with Gasteiger partial charge in [-0.2, -0.15) is 0 Å². The molecule has 6 heteroatoms. The molecule has 0 spiro atoms. The van der Waals surface area contributed by atoms with E-state index < -0.39 is 0 Å². The second-order valence-corrected chi connectivity index (χ2v) is 4.05. The predicted molar refractivity (Wildman–Crippen MR) is 56.7 cm³/mol. The van der Waals surface area contributed by atoms with E-state index in [9.17, 15) is 0 Å². The van der Waals surface area contributed by atoms with Gasteiger partial charge in [-0.25, -0.2) is 9.67 Å². The van der Waals surface area contributed by atoms with Gasteiger partial charge in [-0.05, 0) is 6.92 Å². The van der Waals surface area contributed by atoms with Gasteiger partial charge in [0.05, 0.1) is 18.4 Å². The highest BCUT2D eigenvalue weighted by Gasteiger charge is 2.09.